The molecule has 0 N–H and O–H groups in total. The molecular weight excluding hydrogens is 563 g/mol. The molecule has 0 unspecified atom stereocenters. The van der Waals surface area contributed by atoms with Crippen molar-refractivity contribution in [1.29, 1.82) is 0 Å². The van der Waals surface area contributed by atoms with Crippen molar-refractivity contribution in [2.45, 2.75) is 145 Å². The summed E-state index contributed by atoms with van der Waals surface area (Å²) in [6, 6.07) is 0. The van der Waals surface area contributed by atoms with Gasteiger partial charge in [-0.15, -0.1) is 0 Å². The van der Waals surface area contributed by atoms with Crippen molar-refractivity contribution < 1.29 is 46.6 Å². The van der Waals surface area contributed by atoms with Crippen molar-refractivity contribution in [2.24, 2.45) is 0 Å². The van der Waals surface area contributed by atoms with E-state index in [2.05, 4.69) is 13.8 Å². The van der Waals surface area contributed by atoms with Gasteiger partial charge in [-0.1, -0.05) is 85.5 Å². The van der Waals surface area contributed by atoms with Crippen LogP contribution in [0.5, 0.6) is 0 Å². The van der Waals surface area contributed by atoms with Gasteiger partial charge in [0.05, 0.1) is 0 Å². The van der Waals surface area contributed by atoms with Gasteiger partial charge < -0.3 is 11.5 Å². The molecular formula is C24H44F3O3PPdS. The van der Waals surface area contributed by atoms with Crippen LogP contribution in [0.1, 0.15) is 122 Å². The van der Waals surface area contributed by atoms with Gasteiger partial charge in [-0.3, -0.25) is 0 Å². The van der Waals surface area contributed by atoms with E-state index in [-0.39, 0.29) is 20.4 Å². The average molecular weight is 607 g/mol. The molecule has 0 aromatic rings. The third-order valence-corrected chi connectivity index (χ3v) is 11.5. The molecule has 0 aromatic heterocycles. The van der Waals surface area contributed by atoms with E-state index in [4.69, 9.17) is 13.0 Å². The first kappa shape index (κ1) is 33.8. The monoisotopic (exact) mass is 606 g/mol. The second-order valence-electron chi connectivity index (χ2n) is 9.43. The van der Waals surface area contributed by atoms with Crippen molar-refractivity contribution in [3.05, 3.63) is 6.92 Å². The van der Waals surface area contributed by atoms with E-state index in [1.165, 1.54) is 49.1 Å². The Kier molecular flexibility index (Phi) is 18.5. The topological polar surface area (TPSA) is 57.2 Å². The SMILES string of the molecule is C1CCC(P(C2CCCCC2)C2CCCCC2)CC1.O=S(=O)([O-])C(F)(F)F.[CH2-]CCCC.[Pd+2]. The molecule has 0 radical (unpaired) electrons. The molecule has 0 amide bonds. The quantitative estimate of drug-likeness (QED) is 0.104. The molecule has 3 aliphatic rings. The molecule has 0 saturated heterocycles. The Morgan fingerprint density at radius 1 is 0.788 bits per heavy atom. The molecule has 33 heavy (non-hydrogen) atoms. The van der Waals surface area contributed by atoms with Gasteiger partial charge in [-0.05, 0) is 55.5 Å². The van der Waals surface area contributed by atoms with Crippen LogP contribution in [0.2, 0.25) is 0 Å². The second-order valence-corrected chi connectivity index (χ2v) is 13.9. The van der Waals surface area contributed by atoms with Gasteiger partial charge in [0.2, 0.25) is 0 Å². The molecule has 3 fully saturated rings. The van der Waals surface area contributed by atoms with Crippen LogP contribution in [0.15, 0.2) is 0 Å². The van der Waals surface area contributed by atoms with Crippen molar-refractivity contribution in [3.63, 3.8) is 0 Å². The molecule has 200 valence electrons. The molecule has 9 heteroatoms. The average Bonchev–Trinajstić information content (AvgIpc) is 2.76. The fourth-order valence-corrected chi connectivity index (χ4v) is 9.96. The number of hydrogen-bond donors (Lipinski definition) is 0. The number of rotatable bonds is 5. The first-order chi connectivity index (χ1) is 15.1. The summed E-state index contributed by atoms with van der Waals surface area (Å²) in [5, 5.41) is 0. The molecule has 3 saturated carbocycles. The number of alkyl halides is 3. The summed E-state index contributed by atoms with van der Waals surface area (Å²) in [5.41, 5.74) is -2.08. The summed E-state index contributed by atoms with van der Waals surface area (Å²) in [7, 11) is -5.71. The summed E-state index contributed by atoms with van der Waals surface area (Å²) in [4.78, 5) is 0. The Bertz CT molecular complexity index is 527. The zero-order valence-electron chi connectivity index (χ0n) is 20.2. The zero-order valence-corrected chi connectivity index (χ0v) is 23.5. The Hall–Kier alpha value is 0.792. The number of hydrogen-bond acceptors (Lipinski definition) is 3. The van der Waals surface area contributed by atoms with E-state index in [9.17, 15) is 13.2 Å². The molecule has 0 atom stereocenters. The predicted molar refractivity (Wildman–Crippen MR) is 128 cm³/mol. The van der Waals surface area contributed by atoms with Crippen LogP contribution in [0.3, 0.4) is 0 Å². The van der Waals surface area contributed by atoms with E-state index < -0.39 is 15.6 Å². The summed E-state index contributed by atoms with van der Waals surface area (Å²) in [6.07, 6.45) is 27.3. The van der Waals surface area contributed by atoms with Gasteiger partial charge in [-0.25, -0.2) is 8.42 Å². The van der Waals surface area contributed by atoms with Crippen LogP contribution >= 0.6 is 7.92 Å². The van der Waals surface area contributed by atoms with Gasteiger partial charge >= 0.3 is 25.9 Å². The first-order valence-corrected chi connectivity index (χ1v) is 15.7. The maximum absolute atomic E-state index is 10.7. The first-order valence-electron chi connectivity index (χ1n) is 12.7. The Morgan fingerprint density at radius 3 is 1.21 bits per heavy atom. The largest absolute Gasteiger partial charge is 2.00 e. The fraction of sp³-hybridized carbons (Fsp3) is 0.958. The van der Waals surface area contributed by atoms with Gasteiger partial charge in [0.15, 0.2) is 10.1 Å². The van der Waals surface area contributed by atoms with E-state index in [1.807, 2.05) is 0 Å². The van der Waals surface area contributed by atoms with E-state index >= 15 is 0 Å². The number of unbranched alkanes of at least 4 members (excludes halogenated alkanes) is 2. The van der Waals surface area contributed by atoms with Gasteiger partial charge in [0.1, 0.15) is 0 Å². The third kappa shape index (κ3) is 13.6. The van der Waals surface area contributed by atoms with E-state index in [0.717, 1.165) is 6.42 Å². The molecule has 3 rings (SSSR count). The normalized spacial score (nSPS) is 21.3. The second kappa shape index (κ2) is 18.1. The summed E-state index contributed by atoms with van der Waals surface area (Å²) in [5.74, 6) is 0. The van der Waals surface area contributed by atoms with Crippen LogP contribution in [0.4, 0.5) is 13.2 Å². The molecule has 3 aliphatic carbocycles. The van der Waals surface area contributed by atoms with Gasteiger partial charge in [-0.2, -0.15) is 19.6 Å². The van der Waals surface area contributed by atoms with Crippen LogP contribution in [-0.4, -0.2) is 35.5 Å². The third-order valence-electron chi connectivity index (χ3n) is 6.88. The fourth-order valence-electron chi connectivity index (χ4n) is 5.28. The van der Waals surface area contributed by atoms with Crippen molar-refractivity contribution in [3.8, 4) is 0 Å². The Labute approximate surface area is 216 Å². The van der Waals surface area contributed by atoms with E-state index in [1.54, 1.807) is 77.0 Å². The molecule has 0 aliphatic heterocycles. The van der Waals surface area contributed by atoms with Crippen molar-refractivity contribution in [2.75, 3.05) is 0 Å². The molecule has 0 spiro atoms. The van der Waals surface area contributed by atoms with Crippen molar-refractivity contribution >= 4 is 18.0 Å². The molecule has 0 bridgehead atoms. The summed E-state index contributed by atoms with van der Waals surface area (Å²) >= 11 is 0. The smallest absolute Gasteiger partial charge is 0.741 e. The standard InChI is InChI=1S/C18H33P.C5H11.CHF3O3S.Pd/c1-4-10-16(11-5-1)19(17-12-6-2-7-13-17)18-14-8-3-9-15-18;1-3-5-4-2;2-1(3,4)8(5,6)7;/h16-18H,1-15H2;1,3-5H2,2H3;(H,5,6,7);/q;-1;;+2/p-1. The van der Waals surface area contributed by atoms with Crippen LogP contribution in [0.25, 0.3) is 0 Å². The van der Waals surface area contributed by atoms with Crippen molar-refractivity contribution in [1.82, 2.24) is 0 Å². The van der Waals surface area contributed by atoms with Crippen LogP contribution < -0.4 is 0 Å². The summed E-state index contributed by atoms with van der Waals surface area (Å²) < 4.78 is 58.9. The van der Waals surface area contributed by atoms with Crippen LogP contribution in [-0.2, 0) is 30.5 Å². The van der Waals surface area contributed by atoms with E-state index in [0.29, 0.717) is 7.92 Å². The summed E-state index contributed by atoms with van der Waals surface area (Å²) in [6.45, 7) is 5.85. The molecule has 3 nitrogen and oxygen atoms in total. The Morgan fingerprint density at radius 2 is 1.06 bits per heavy atom. The maximum Gasteiger partial charge on any atom is 2.00 e. The number of halogens is 3. The van der Waals surface area contributed by atoms with Crippen LogP contribution in [0, 0.1) is 6.92 Å². The zero-order chi connectivity index (χ0) is 24.0. The molecule has 0 heterocycles. The minimum atomic E-state index is -6.09. The Balaban J connectivity index is 0.000000615. The van der Waals surface area contributed by atoms with Gasteiger partial charge in [0.25, 0.3) is 0 Å². The molecule has 0 aromatic carbocycles. The maximum atomic E-state index is 10.7. The van der Waals surface area contributed by atoms with Gasteiger partial charge in [0, 0.05) is 0 Å². The predicted octanol–water partition coefficient (Wildman–Crippen LogP) is 8.53. The minimum absolute atomic E-state index is 0. The minimum Gasteiger partial charge on any atom is -0.741 e.